The maximum atomic E-state index is 6.03. The minimum atomic E-state index is -0.324. The Hall–Kier alpha value is -1.07. The molecule has 0 spiro atoms. The summed E-state index contributed by atoms with van der Waals surface area (Å²) < 4.78 is 12.1. The fourth-order valence-corrected chi connectivity index (χ4v) is 1.92. The van der Waals surface area contributed by atoms with Crippen LogP contribution in [0.15, 0.2) is 18.3 Å². The second-order valence-corrected chi connectivity index (χ2v) is 5.99. The number of nitrogens with one attached hydrogen (secondary N) is 1. The highest BCUT2D eigenvalue weighted by Crippen LogP contribution is 2.36. The van der Waals surface area contributed by atoms with Crippen molar-refractivity contribution in [2.24, 2.45) is 0 Å². The lowest BCUT2D eigenvalue weighted by Gasteiger charge is -2.32. The quantitative estimate of drug-likeness (QED) is 0.845. The summed E-state index contributed by atoms with van der Waals surface area (Å²) in [5.41, 5.74) is 0.392. The van der Waals surface area contributed by atoms with E-state index in [0.717, 1.165) is 24.2 Å². The molecule has 104 valence electrons. The first-order valence-electron chi connectivity index (χ1n) is 6.91. The van der Waals surface area contributed by atoms with E-state index < -0.39 is 0 Å². The standard InChI is InChI=1S/C14H23BN2O2/c1-6-8-16-12-10-11(7-9-17-12)15-18-13(2,3)14(4,5)19-15/h7,9-10H,6,8H2,1-5H3,(H,16,17). The number of hydrogen-bond donors (Lipinski definition) is 1. The molecule has 2 rings (SSSR count). The molecule has 1 saturated heterocycles. The van der Waals surface area contributed by atoms with E-state index in [4.69, 9.17) is 9.31 Å². The van der Waals surface area contributed by atoms with Crippen molar-refractivity contribution in [2.45, 2.75) is 52.2 Å². The molecule has 5 heteroatoms. The van der Waals surface area contributed by atoms with Gasteiger partial charge in [-0.1, -0.05) is 6.92 Å². The predicted molar refractivity (Wildman–Crippen MR) is 78.7 cm³/mol. The van der Waals surface area contributed by atoms with Crippen LogP contribution in [-0.4, -0.2) is 29.8 Å². The van der Waals surface area contributed by atoms with Crippen molar-refractivity contribution >= 4 is 18.4 Å². The molecule has 4 nitrogen and oxygen atoms in total. The van der Waals surface area contributed by atoms with Crippen molar-refractivity contribution in [1.82, 2.24) is 4.98 Å². The van der Waals surface area contributed by atoms with Gasteiger partial charge in [-0.3, -0.25) is 0 Å². The number of rotatable bonds is 4. The molecule has 1 aliphatic heterocycles. The van der Waals surface area contributed by atoms with Crippen LogP contribution < -0.4 is 10.8 Å². The van der Waals surface area contributed by atoms with Crippen LogP contribution in [0, 0.1) is 0 Å². The Balaban J connectivity index is 2.15. The Labute approximate surface area is 116 Å². The van der Waals surface area contributed by atoms with E-state index in [1.165, 1.54) is 0 Å². The van der Waals surface area contributed by atoms with Crippen molar-refractivity contribution in [3.8, 4) is 0 Å². The van der Waals surface area contributed by atoms with Gasteiger partial charge in [0, 0.05) is 12.7 Å². The van der Waals surface area contributed by atoms with Gasteiger partial charge in [-0.15, -0.1) is 0 Å². The zero-order valence-corrected chi connectivity index (χ0v) is 12.5. The van der Waals surface area contributed by atoms with Gasteiger partial charge in [0.2, 0.25) is 0 Å². The summed E-state index contributed by atoms with van der Waals surface area (Å²) in [5, 5.41) is 3.28. The molecule has 0 aliphatic carbocycles. The number of aromatic nitrogens is 1. The summed E-state index contributed by atoms with van der Waals surface area (Å²) in [6.07, 6.45) is 2.86. The largest absolute Gasteiger partial charge is 0.495 e. The first-order chi connectivity index (χ1) is 8.86. The summed E-state index contributed by atoms with van der Waals surface area (Å²) >= 11 is 0. The second-order valence-electron chi connectivity index (χ2n) is 5.99. The van der Waals surface area contributed by atoms with E-state index >= 15 is 0 Å². The van der Waals surface area contributed by atoms with Crippen LogP contribution in [0.5, 0.6) is 0 Å². The van der Waals surface area contributed by atoms with Gasteiger partial charge in [0.05, 0.1) is 11.2 Å². The maximum absolute atomic E-state index is 6.03. The third-order valence-corrected chi connectivity index (χ3v) is 3.87. The Kier molecular flexibility index (Phi) is 3.88. The van der Waals surface area contributed by atoms with Crippen molar-refractivity contribution < 1.29 is 9.31 Å². The molecule has 0 amide bonds. The lowest BCUT2D eigenvalue weighted by atomic mass is 9.80. The molecule has 0 aromatic carbocycles. The molecule has 0 unspecified atom stereocenters. The summed E-state index contributed by atoms with van der Waals surface area (Å²) in [6.45, 7) is 11.3. The second kappa shape index (κ2) is 5.14. The van der Waals surface area contributed by atoms with Crippen LogP contribution in [0.4, 0.5) is 5.82 Å². The molecular weight excluding hydrogens is 239 g/mol. The average molecular weight is 262 g/mol. The minimum Gasteiger partial charge on any atom is -0.399 e. The molecule has 1 fully saturated rings. The monoisotopic (exact) mass is 262 g/mol. The zero-order chi connectivity index (χ0) is 14.1. The molecule has 2 heterocycles. The molecular formula is C14H23BN2O2. The van der Waals surface area contributed by atoms with E-state index in [9.17, 15) is 0 Å². The number of anilines is 1. The Morgan fingerprint density at radius 2 is 1.84 bits per heavy atom. The van der Waals surface area contributed by atoms with Crippen molar-refractivity contribution in [1.29, 1.82) is 0 Å². The van der Waals surface area contributed by atoms with Crippen LogP contribution in [-0.2, 0) is 9.31 Å². The third kappa shape index (κ3) is 2.93. The molecule has 1 aliphatic rings. The molecule has 1 N–H and O–H groups in total. The van der Waals surface area contributed by atoms with Crippen molar-refractivity contribution in [3.63, 3.8) is 0 Å². The highest BCUT2D eigenvalue weighted by molar-refractivity contribution is 6.62. The lowest BCUT2D eigenvalue weighted by Crippen LogP contribution is -2.41. The van der Waals surface area contributed by atoms with Crippen LogP contribution in [0.2, 0.25) is 0 Å². The zero-order valence-electron chi connectivity index (χ0n) is 12.5. The Morgan fingerprint density at radius 3 is 2.42 bits per heavy atom. The van der Waals surface area contributed by atoms with Crippen molar-refractivity contribution in [3.05, 3.63) is 18.3 Å². The molecule has 1 aromatic rings. The average Bonchev–Trinajstić information content (AvgIpc) is 2.56. The third-order valence-electron chi connectivity index (χ3n) is 3.87. The molecule has 1 aromatic heterocycles. The topological polar surface area (TPSA) is 43.4 Å². The molecule has 0 atom stereocenters. The van der Waals surface area contributed by atoms with Gasteiger partial charge in [-0.2, -0.15) is 0 Å². The van der Waals surface area contributed by atoms with Crippen LogP contribution in [0.25, 0.3) is 0 Å². The smallest absolute Gasteiger partial charge is 0.399 e. The van der Waals surface area contributed by atoms with Crippen molar-refractivity contribution in [2.75, 3.05) is 11.9 Å². The molecule has 0 radical (unpaired) electrons. The molecule has 19 heavy (non-hydrogen) atoms. The number of hydrogen-bond acceptors (Lipinski definition) is 4. The normalized spacial score (nSPS) is 20.6. The summed E-state index contributed by atoms with van der Waals surface area (Å²) in [4.78, 5) is 4.30. The molecule has 0 saturated carbocycles. The van der Waals surface area contributed by atoms with Gasteiger partial charge in [0.15, 0.2) is 0 Å². The summed E-state index contributed by atoms with van der Waals surface area (Å²) in [5.74, 6) is 0.870. The van der Waals surface area contributed by atoms with Crippen LogP contribution in [0.1, 0.15) is 41.0 Å². The summed E-state index contributed by atoms with van der Waals surface area (Å²) in [6, 6.07) is 3.94. The summed E-state index contributed by atoms with van der Waals surface area (Å²) in [7, 11) is -0.324. The Morgan fingerprint density at radius 1 is 1.21 bits per heavy atom. The van der Waals surface area contributed by atoms with E-state index in [1.807, 2.05) is 12.1 Å². The highest BCUT2D eigenvalue weighted by Gasteiger charge is 2.51. The lowest BCUT2D eigenvalue weighted by molar-refractivity contribution is 0.00578. The SMILES string of the molecule is CCCNc1cc(B2OC(C)(C)C(C)(C)O2)ccn1. The Bertz CT molecular complexity index is 433. The van der Waals surface area contributed by atoms with E-state index in [2.05, 4.69) is 44.9 Å². The van der Waals surface area contributed by atoms with E-state index in [1.54, 1.807) is 6.20 Å². The van der Waals surface area contributed by atoms with Gasteiger partial charge in [-0.05, 0) is 51.7 Å². The first kappa shape index (κ1) is 14.3. The van der Waals surface area contributed by atoms with Gasteiger partial charge in [0.25, 0.3) is 0 Å². The fraction of sp³-hybridized carbons (Fsp3) is 0.643. The van der Waals surface area contributed by atoms with Gasteiger partial charge >= 0.3 is 7.12 Å². The van der Waals surface area contributed by atoms with Gasteiger partial charge in [0.1, 0.15) is 5.82 Å². The van der Waals surface area contributed by atoms with Crippen LogP contribution >= 0.6 is 0 Å². The minimum absolute atomic E-state index is 0.308. The van der Waals surface area contributed by atoms with Gasteiger partial charge in [-0.25, -0.2) is 4.98 Å². The molecule has 0 bridgehead atoms. The number of nitrogens with zero attached hydrogens (tertiary/aromatic N) is 1. The van der Waals surface area contributed by atoms with E-state index in [0.29, 0.717) is 0 Å². The number of pyridine rings is 1. The maximum Gasteiger partial charge on any atom is 0.495 e. The van der Waals surface area contributed by atoms with E-state index in [-0.39, 0.29) is 18.3 Å². The first-order valence-corrected chi connectivity index (χ1v) is 6.91. The predicted octanol–water partition coefficient (Wildman–Crippen LogP) is 2.20. The van der Waals surface area contributed by atoms with Gasteiger partial charge < -0.3 is 14.6 Å². The van der Waals surface area contributed by atoms with Crippen LogP contribution in [0.3, 0.4) is 0 Å². The fourth-order valence-electron chi connectivity index (χ4n) is 1.92. The highest BCUT2D eigenvalue weighted by atomic mass is 16.7.